The Morgan fingerprint density at radius 1 is 1.31 bits per heavy atom. The summed E-state index contributed by atoms with van der Waals surface area (Å²) in [6.45, 7) is 4.27. The van der Waals surface area contributed by atoms with Crippen molar-refractivity contribution in [1.29, 1.82) is 0 Å². The van der Waals surface area contributed by atoms with Gasteiger partial charge < -0.3 is 5.73 Å². The molecule has 0 saturated carbocycles. The highest BCUT2D eigenvalue weighted by Crippen LogP contribution is 2.33. The molecule has 0 amide bonds. The largest absolute Gasteiger partial charge is 0.323 e. The van der Waals surface area contributed by atoms with Gasteiger partial charge in [-0.1, -0.05) is 50.6 Å². The van der Waals surface area contributed by atoms with E-state index in [-0.39, 0.29) is 6.04 Å². The molecule has 0 spiro atoms. The molecule has 0 saturated heterocycles. The number of rotatable bonds is 7. The third kappa shape index (κ3) is 4.08. The van der Waals surface area contributed by atoms with Crippen molar-refractivity contribution >= 4 is 22.9 Å². The minimum Gasteiger partial charge on any atom is -0.323 e. The lowest BCUT2D eigenvalue weighted by Crippen LogP contribution is -2.08. The van der Waals surface area contributed by atoms with Gasteiger partial charge in [0.25, 0.3) is 0 Å². The van der Waals surface area contributed by atoms with Crippen molar-refractivity contribution in [2.24, 2.45) is 5.73 Å². The summed E-state index contributed by atoms with van der Waals surface area (Å²) in [7, 11) is 0. The topological polar surface area (TPSA) is 26.0 Å². The zero-order valence-corrected chi connectivity index (χ0v) is 11.8. The van der Waals surface area contributed by atoms with Crippen LogP contribution < -0.4 is 5.73 Å². The van der Waals surface area contributed by atoms with Gasteiger partial charge in [-0.2, -0.15) is 0 Å². The van der Waals surface area contributed by atoms with Crippen LogP contribution in [-0.4, -0.2) is 0 Å². The Kier molecular flexibility index (Phi) is 6.40. The number of hydrogen-bond acceptors (Lipinski definition) is 2. The normalized spacial score (nSPS) is 13.0. The first-order chi connectivity index (χ1) is 7.66. The average molecular weight is 260 g/mol. The smallest absolute Gasteiger partial charge is 0.0590 e. The molecular weight excluding hydrogens is 238 g/mol. The summed E-state index contributed by atoms with van der Waals surface area (Å²) in [5, 5.41) is 2.97. The molecule has 1 aromatic rings. The Labute approximate surface area is 108 Å². The second-order valence-corrected chi connectivity index (χ2v) is 5.70. The summed E-state index contributed by atoms with van der Waals surface area (Å²) < 4.78 is 0. The van der Waals surface area contributed by atoms with Crippen LogP contribution in [0.4, 0.5) is 0 Å². The van der Waals surface area contributed by atoms with E-state index in [2.05, 4.69) is 12.3 Å². The van der Waals surface area contributed by atoms with Crippen molar-refractivity contribution in [2.45, 2.75) is 58.4 Å². The minimum absolute atomic E-state index is 0.132. The lowest BCUT2D eigenvalue weighted by atomic mass is 10.1. The molecule has 16 heavy (non-hydrogen) atoms. The number of aryl methyl sites for hydroxylation is 1. The molecule has 2 N–H and O–H groups in total. The molecule has 92 valence electrons. The molecule has 0 aromatic carbocycles. The molecule has 0 bridgehead atoms. The van der Waals surface area contributed by atoms with Crippen molar-refractivity contribution in [1.82, 2.24) is 0 Å². The monoisotopic (exact) mass is 259 g/mol. The number of thiophene rings is 1. The highest BCUT2D eigenvalue weighted by atomic mass is 35.5. The van der Waals surface area contributed by atoms with Crippen LogP contribution in [0.15, 0.2) is 5.38 Å². The molecule has 0 aliphatic heterocycles. The summed E-state index contributed by atoms with van der Waals surface area (Å²) in [4.78, 5) is 1.16. The van der Waals surface area contributed by atoms with E-state index in [0.29, 0.717) is 0 Å². The SMILES string of the molecule is CCCCCCCC(N)c1scc(C)c1Cl. The number of hydrogen-bond donors (Lipinski definition) is 1. The quantitative estimate of drug-likeness (QED) is 0.680. The van der Waals surface area contributed by atoms with E-state index in [4.69, 9.17) is 17.3 Å². The van der Waals surface area contributed by atoms with Crippen LogP contribution in [0.5, 0.6) is 0 Å². The molecule has 1 nitrogen and oxygen atoms in total. The average Bonchev–Trinajstić information content (AvgIpc) is 2.59. The molecule has 0 radical (unpaired) electrons. The van der Waals surface area contributed by atoms with Crippen LogP contribution in [-0.2, 0) is 0 Å². The van der Waals surface area contributed by atoms with Crippen molar-refractivity contribution in [2.75, 3.05) is 0 Å². The predicted octanol–water partition coefficient (Wildman–Crippen LogP) is 5.07. The maximum absolute atomic E-state index is 6.20. The Morgan fingerprint density at radius 2 is 2.00 bits per heavy atom. The fourth-order valence-electron chi connectivity index (χ4n) is 1.80. The van der Waals surface area contributed by atoms with E-state index in [1.165, 1.54) is 32.1 Å². The van der Waals surface area contributed by atoms with Crippen LogP contribution >= 0.6 is 22.9 Å². The standard InChI is InChI=1S/C13H22ClNS/c1-3-4-5-6-7-8-11(15)13-12(14)10(2)9-16-13/h9,11H,3-8,15H2,1-2H3. The molecule has 0 aliphatic carbocycles. The van der Waals surface area contributed by atoms with E-state index in [1.54, 1.807) is 11.3 Å². The number of halogens is 1. The van der Waals surface area contributed by atoms with Crippen molar-refractivity contribution in [3.05, 3.63) is 20.8 Å². The highest BCUT2D eigenvalue weighted by Gasteiger charge is 2.13. The molecule has 3 heteroatoms. The first-order valence-corrected chi connectivity index (χ1v) is 7.41. The first kappa shape index (κ1) is 14.0. The molecule has 1 heterocycles. The summed E-state index contributed by atoms with van der Waals surface area (Å²) in [6, 6.07) is 0.132. The van der Waals surface area contributed by atoms with Gasteiger partial charge in [0.1, 0.15) is 0 Å². The van der Waals surface area contributed by atoms with E-state index in [9.17, 15) is 0 Å². The Morgan fingerprint density at radius 3 is 2.56 bits per heavy atom. The van der Waals surface area contributed by atoms with E-state index >= 15 is 0 Å². The molecule has 1 atom stereocenters. The van der Waals surface area contributed by atoms with Gasteiger partial charge in [-0.3, -0.25) is 0 Å². The lowest BCUT2D eigenvalue weighted by Gasteiger charge is -2.10. The maximum Gasteiger partial charge on any atom is 0.0590 e. The third-order valence-corrected chi connectivity index (χ3v) is 4.73. The molecule has 0 fully saturated rings. The number of nitrogens with two attached hydrogens (primary N) is 1. The van der Waals surface area contributed by atoms with Crippen molar-refractivity contribution in [3.8, 4) is 0 Å². The second-order valence-electron chi connectivity index (χ2n) is 4.41. The summed E-state index contributed by atoms with van der Waals surface area (Å²) in [5.74, 6) is 0. The lowest BCUT2D eigenvalue weighted by molar-refractivity contribution is 0.559. The zero-order valence-electron chi connectivity index (χ0n) is 10.3. The zero-order chi connectivity index (χ0) is 12.0. The van der Waals surface area contributed by atoms with Gasteiger partial charge in [0.05, 0.1) is 5.02 Å². The molecule has 1 aromatic heterocycles. The Bertz CT molecular complexity index is 309. The van der Waals surface area contributed by atoms with E-state index in [1.807, 2.05) is 6.92 Å². The van der Waals surface area contributed by atoms with Gasteiger partial charge in [-0.15, -0.1) is 11.3 Å². The molecular formula is C13H22ClNS. The predicted molar refractivity (Wildman–Crippen MR) is 74.4 cm³/mol. The maximum atomic E-state index is 6.20. The Balaban J connectivity index is 2.30. The summed E-state index contributed by atoms with van der Waals surface area (Å²) in [6.07, 6.45) is 7.54. The fraction of sp³-hybridized carbons (Fsp3) is 0.692. The van der Waals surface area contributed by atoms with Crippen molar-refractivity contribution < 1.29 is 0 Å². The molecule has 1 rings (SSSR count). The molecule has 1 unspecified atom stereocenters. The van der Waals surface area contributed by atoms with Gasteiger partial charge >= 0.3 is 0 Å². The summed E-state index contributed by atoms with van der Waals surface area (Å²) in [5.41, 5.74) is 7.31. The summed E-state index contributed by atoms with van der Waals surface area (Å²) >= 11 is 7.89. The minimum atomic E-state index is 0.132. The van der Waals surface area contributed by atoms with Gasteiger partial charge in [-0.25, -0.2) is 0 Å². The van der Waals surface area contributed by atoms with E-state index < -0.39 is 0 Å². The first-order valence-electron chi connectivity index (χ1n) is 6.15. The fourth-order valence-corrected chi connectivity index (χ4v) is 3.17. The van der Waals surface area contributed by atoms with Gasteiger partial charge in [0.2, 0.25) is 0 Å². The Hall–Kier alpha value is -0.0500. The third-order valence-electron chi connectivity index (χ3n) is 2.88. The second kappa shape index (κ2) is 7.31. The molecule has 0 aliphatic rings. The van der Waals surface area contributed by atoms with Crippen LogP contribution in [0.1, 0.15) is 61.9 Å². The van der Waals surface area contributed by atoms with Crippen molar-refractivity contribution in [3.63, 3.8) is 0 Å². The van der Waals surface area contributed by atoms with Crippen LogP contribution in [0.2, 0.25) is 5.02 Å². The van der Waals surface area contributed by atoms with Crippen LogP contribution in [0, 0.1) is 6.92 Å². The van der Waals surface area contributed by atoms with Gasteiger partial charge in [0.15, 0.2) is 0 Å². The van der Waals surface area contributed by atoms with Gasteiger partial charge in [0, 0.05) is 10.9 Å². The number of unbranched alkanes of at least 4 members (excludes halogenated alkanes) is 4. The van der Waals surface area contributed by atoms with Crippen LogP contribution in [0.25, 0.3) is 0 Å². The van der Waals surface area contributed by atoms with E-state index in [0.717, 1.165) is 21.9 Å². The van der Waals surface area contributed by atoms with Crippen LogP contribution in [0.3, 0.4) is 0 Å². The van der Waals surface area contributed by atoms with Gasteiger partial charge in [-0.05, 0) is 24.3 Å². The highest BCUT2D eigenvalue weighted by molar-refractivity contribution is 7.10.